The average molecular weight is 427 g/mol. The van der Waals surface area contributed by atoms with Crippen molar-refractivity contribution in [1.82, 2.24) is 0 Å². The highest BCUT2D eigenvalue weighted by Crippen LogP contribution is 2.34. The molecule has 0 aliphatic rings. The minimum atomic E-state index is -1.19. The molecule has 0 saturated carbocycles. The van der Waals surface area contributed by atoms with Gasteiger partial charge in [-0.15, -0.1) is 11.3 Å². The summed E-state index contributed by atoms with van der Waals surface area (Å²) < 4.78 is 41.4. The summed E-state index contributed by atoms with van der Waals surface area (Å²) in [5, 5.41) is 2.49. The molecule has 1 N–H and O–H groups in total. The minimum Gasteiger partial charge on any atom is -0.462 e. The molecule has 7 nitrogen and oxygen atoms in total. The second-order valence-electron chi connectivity index (χ2n) is 5.69. The molecule has 29 heavy (non-hydrogen) atoms. The summed E-state index contributed by atoms with van der Waals surface area (Å²) in [7, 11) is 1.45. The van der Waals surface area contributed by atoms with Gasteiger partial charge in [-0.3, -0.25) is 4.79 Å². The second kappa shape index (κ2) is 10.1. The molecule has 0 radical (unpaired) electrons. The van der Waals surface area contributed by atoms with Crippen molar-refractivity contribution in [3.63, 3.8) is 0 Å². The molecule has 1 aromatic heterocycles. The number of hydrogen-bond donors (Lipinski definition) is 1. The zero-order chi connectivity index (χ0) is 21.6. The Balaban J connectivity index is 2.36. The van der Waals surface area contributed by atoms with Crippen LogP contribution >= 0.6 is 11.3 Å². The number of benzene rings is 1. The fourth-order valence-corrected chi connectivity index (χ4v) is 3.42. The van der Waals surface area contributed by atoms with Gasteiger partial charge in [0.2, 0.25) is 0 Å². The highest BCUT2D eigenvalue weighted by atomic mass is 32.1. The van der Waals surface area contributed by atoms with E-state index in [0.717, 1.165) is 29.5 Å². The van der Waals surface area contributed by atoms with Crippen LogP contribution in [-0.2, 0) is 14.2 Å². The molecule has 0 bridgehead atoms. The van der Waals surface area contributed by atoms with Gasteiger partial charge in [0, 0.05) is 12.7 Å². The standard InChI is InChI=1S/C19H19F2NO6S/c1-4-27-18(24)14-10(2)15(19(25)28-8-7-26-3)29-17(14)22-16(23)11-5-6-12(20)13(21)9-11/h5-6,9H,4,7-8H2,1-3H3,(H,22,23). The fraction of sp³-hybridized carbons (Fsp3) is 0.316. The zero-order valence-corrected chi connectivity index (χ0v) is 16.8. The Kier molecular flexibility index (Phi) is 7.80. The number of halogens is 2. The molecule has 0 aliphatic heterocycles. The molecule has 156 valence electrons. The van der Waals surface area contributed by atoms with Gasteiger partial charge < -0.3 is 19.5 Å². The Labute approximate surface area is 169 Å². The molecular formula is C19H19F2NO6S. The smallest absolute Gasteiger partial charge is 0.348 e. The summed E-state index contributed by atoms with van der Waals surface area (Å²) in [5.41, 5.74) is 0.108. The van der Waals surface area contributed by atoms with E-state index < -0.39 is 29.5 Å². The van der Waals surface area contributed by atoms with E-state index in [2.05, 4.69) is 5.32 Å². The number of carbonyl (C=O) groups is 3. The van der Waals surface area contributed by atoms with E-state index in [1.807, 2.05) is 0 Å². The van der Waals surface area contributed by atoms with Crippen LogP contribution in [-0.4, -0.2) is 44.8 Å². The first-order valence-electron chi connectivity index (χ1n) is 8.53. The van der Waals surface area contributed by atoms with E-state index in [1.165, 1.54) is 14.0 Å². The van der Waals surface area contributed by atoms with Gasteiger partial charge in [-0.25, -0.2) is 18.4 Å². The number of methoxy groups -OCH3 is 1. The van der Waals surface area contributed by atoms with Crippen LogP contribution in [0.1, 0.15) is 42.9 Å². The summed E-state index contributed by atoms with van der Waals surface area (Å²) in [5.74, 6) is -4.49. The number of nitrogens with one attached hydrogen (secondary N) is 1. The summed E-state index contributed by atoms with van der Waals surface area (Å²) in [6, 6.07) is 2.64. The SMILES string of the molecule is CCOC(=O)c1c(NC(=O)c2ccc(F)c(F)c2)sc(C(=O)OCCOC)c1C. The number of amides is 1. The number of esters is 2. The first-order chi connectivity index (χ1) is 13.8. The second-order valence-corrected chi connectivity index (χ2v) is 6.71. The molecule has 0 fully saturated rings. The van der Waals surface area contributed by atoms with Crippen LogP contribution in [0.2, 0.25) is 0 Å². The highest BCUT2D eigenvalue weighted by Gasteiger charge is 2.27. The van der Waals surface area contributed by atoms with Crippen LogP contribution in [0.3, 0.4) is 0 Å². The predicted octanol–water partition coefficient (Wildman–Crippen LogP) is 3.57. The Bertz CT molecular complexity index is 928. The molecule has 10 heteroatoms. The van der Waals surface area contributed by atoms with Crippen LogP contribution in [0.5, 0.6) is 0 Å². The van der Waals surface area contributed by atoms with Gasteiger partial charge >= 0.3 is 11.9 Å². The van der Waals surface area contributed by atoms with E-state index in [-0.39, 0.29) is 46.4 Å². The van der Waals surface area contributed by atoms with Crippen molar-refractivity contribution < 1.29 is 37.4 Å². The quantitative estimate of drug-likeness (QED) is 0.512. The van der Waals surface area contributed by atoms with E-state index in [0.29, 0.717) is 0 Å². The Morgan fingerprint density at radius 1 is 1.07 bits per heavy atom. The molecule has 1 aromatic carbocycles. The topological polar surface area (TPSA) is 90.9 Å². The summed E-state index contributed by atoms with van der Waals surface area (Å²) in [4.78, 5) is 37.2. The van der Waals surface area contributed by atoms with Crippen molar-refractivity contribution in [1.29, 1.82) is 0 Å². The van der Waals surface area contributed by atoms with E-state index in [4.69, 9.17) is 14.2 Å². The monoisotopic (exact) mass is 427 g/mol. The molecule has 1 heterocycles. The maximum Gasteiger partial charge on any atom is 0.348 e. The average Bonchev–Trinajstić information content (AvgIpc) is 3.00. The minimum absolute atomic E-state index is 0.00789. The number of thiophene rings is 1. The predicted molar refractivity (Wildman–Crippen MR) is 101 cm³/mol. The van der Waals surface area contributed by atoms with Crippen molar-refractivity contribution in [2.75, 3.05) is 32.2 Å². The molecule has 0 saturated heterocycles. The molecule has 0 unspecified atom stereocenters. The number of hydrogen-bond acceptors (Lipinski definition) is 7. The summed E-state index contributed by atoms with van der Waals surface area (Å²) >= 11 is 0.821. The molecular weight excluding hydrogens is 408 g/mol. The molecule has 0 spiro atoms. The Morgan fingerprint density at radius 2 is 1.79 bits per heavy atom. The van der Waals surface area contributed by atoms with Crippen LogP contribution < -0.4 is 5.32 Å². The van der Waals surface area contributed by atoms with Crippen LogP contribution in [0.15, 0.2) is 18.2 Å². The maximum absolute atomic E-state index is 13.4. The third-order valence-electron chi connectivity index (χ3n) is 3.74. The van der Waals surface area contributed by atoms with Gasteiger partial charge in [-0.1, -0.05) is 0 Å². The van der Waals surface area contributed by atoms with E-state index >= 15 is 0 Å². The van der Waals surface area contributed by atoms with Gasteiger partial charge in [0.1, 0.15) is 16.5 Å². The molecule has 1 amide bonds. The van der Waals surface area contributed by atoms with Crippen molar-refractivity contribution in [3.05, 3.63) is 51.4 Å². The molecule has 0 atom stereocenters. The molecule has 2 aromatic rings. The third-order valence-corrected chi connectivity index (χ3v) is 4.93. The largest absolute Gasteiger partial charge is 0.462 e. The fourth-order valence-electron chi connectivity index (χ4n) is 2.34. The normalized spacial score (nSPS) is 10.5. The lowest BCUT2D eigenvalue weighted by Gasteiger charge is -2.07. The van der Waals surface area contributed by atoms with Gasteiger partial charge in [0.15, 0.2) is 11.6 Å². The van der Waals surface area contributed by atoms with Crippen LogP contribution in [0.25, 0.3) is 0 Å². The van der Waals surface area contributed by atoms with Crippen molar-refractivity contribution in [3.8, 4) is 0 Å². The lowest BCUT2D eigenvalue weighted by atomic mass is 10.1. The van der Waals surface area contributed by atoms with Crippen molar-refractivity contribution >= 4 is 34.2 Å². The third kappa shape index (κ3) is 5.36. The first-order valence-corrected chi connectivity index (χ1v) is 9.34. The zero-order valence-electron chi connectivity index (χ0n) is 16.0. The van der Waals surface area contributed by atoms with Crippen molar-refractivity contribution in [2.45, 2.75) is 13.8 Å². The van der Waals surface area contributed by atoms with Crippen molar-refractivity contribution in [2.24, 2.45) is 0 Å². The van der Waals surface area contributed by atoms with Gasteiger partial charge in [0.25, 0.3) is 5.91 Å². The Morgan fingerprint density at radius 3 is 2.41 bits per heavy atom. The van der Waals surface area contributed by atoms with Crippen LogP contribution in [0, 0.1) is 18.6 Å². The Hall–Kier alpha value is -2.85. The van der Waals surface area contributed by atoms with Crippen LogP contribution in [0.4, 0.5) is 13.8 Å². The summed E-state index contributed by atoms with van der Waals surface area (Å²) in [6.07, 6.45) is 0. The first kappa shape index (κ1) is 22.4. The van der Waals surface area contributed by atoms with Gasteiger partial charge in [0.05, 0.1) is 18.8 Å². The number of ether oxygens (including phenoxy) is 3. The van der Waals surface area contributed by atoms with Gasteiger partial charge in [-0.2, -0.15) is 0 Å². The number of anilines is 1. The highest BCUT2D eigenvalue weighted by molar-refractivity contribution is 7.18. The lowest BCUT2D eigenvalue weighted by molar-refractivity contribution is 0.0392. The number of carbonyl (C=O) groups excluding carboxylic acids is 3. The van der Waals surface area contributed by atoms with Gasteiger partial charge in [-0.05, 0) is 37.6 Å². The molecule has 0 aliphatic carbocycles. The van der Waals surface area contributed by atoms with E-state index in [9.17, 15) is 23.2 Å². The number of rotatable bonds is 8. The molecule has 2 rings (SSSR count). The lowest BCUT2D eigenvalue weighted by Crippen LogP contribution is -2.15. The van der Waals surface area contributed by atoms with E-state index in [1.54, 1.807) is 6.92 Å². The maximum atomic E-state index is 13.4. The summed E-state index contributed by atoms with van der Waals surface area (Å²) in [6.45, 7) is 3.42.